The van der Waals surface area contributed by atoms with Crippen molar-refractivity contribution < 1.29 is 70.7 Å². The van der Waals surface area contributed by atoms with Crippen LogP contribution in [-0.2, 0) is 70.1 Å². The molecule has 1 aromatic carbocycles. The van der Waals surface area contributed by atoms with E-state index < -0.39 is 166 Å². The number of amides is 12. The minimum atomic E-state index is -4.76. The van der Waals surface area contributed by atoms with Gasteiger partial charge in [-0.3, -0.25) is 57.5 Å². The average molecular weight is 1440 g/mol. The molecule has 4 saturated carbocycles. The first-order chi connectivity index (χ1) is 47.9. The molecule has 4 saturated heterocycles. The van der Waals surface area contributed by atoms with Crippen LogP contribution in [0.25, 0.3) is 0 Å². The molecule has 1 spiro atoms. The van der Waals surface area contributed by atoms with Crippen LogP contribution >= 0.6 is 11.6 Å². The van der Waals surface area contributed by atoms with E-state index in [4.69, 9.17) is 11.6 Å². The lowest BCUT2D eigenvalue weighted by Gasteiger charge is -2.44. The van der Waals surface area contributed by atoms with Crippen molar-refractivity contribution in [1.82, 2.24) is 60.5 Å². The van der Waals surface area contributed by atoms with Gasteiger partial charge in [-0.25, -0.2) is 0 Å². The summed E-state index contributed by atoms with van der Waals surface area (Å²) >= 11 is 6.17. The Hall–Kier alpha value is -7.06. The van der Waals surface area contributed by atoms with E-state index in [1.165, 1.54) is 77.6 Å². The lowest BCUT2D eigenvalue weighted by molar-refractivity contribution is -0.158. The van der Waals surface area contributed by atoms with Crippen LogP contribution in [0, 0.1) is 23.7 Å². The van der Waals surface area contributed by atoms with Gasteiger partial charge in [0.25, 0.3) is 0 Å². The number of nitrogens with one attached hydrogen (secondary N) is 4. The first-order valence-corrected chi connectivity index (χ1v) is 37.6. The van der Waals surface area contributed by atoms with Crippen molar-refractivity contribution in [2.75, 3.05) is 68.0 Å². The maximum atomic E-state index is 15.7. The van der Waals surface area contributed by atoms with Crippen LogP contribution in [0.1, 0.15) is 199 Å². The zero-order valence-electron chi connectivity index (χ0n) is 60.4. The number of aryl methyl sites for hydroxylation is 1. The molecule has 10 atom stereocenters. The summed E-state index contributed by atoms with van der Waals surface area (Å²) in [6.45, 7) is 5.47. The van der Waals surface area contributed by atoms with E-state index in [1.54, 1.807) is 11.8 Å². The van der Waals surface area contributed by atoms with E-state index in [1.807, 2.05) is 6.92 Å². The molecule has 4 aliphatic heterocycles. The minimum absolute atomic E-state index is 0.0279. The predicted molar refractivity (Wildman–Crippen MR) is 369 cm³/mol. The van der Waals surface area contributed by atoms with Crippen molar-refractivity contribution in [3.05, 3.63) is 34.3 Å². The minimum Gasteiger partial charge on any atom is -0.343 e. The number of carbonyl (C=O) groups is 12. The van der Waals surface area contributed by atoms with Crippen LogP contribution in [0.2, 0.25) is 5.02 Å². The molecule has 1 aromatic rings. The SMILES string of the molecule is CC[C@H](C)[C@@H]1NC(=O)[C@H](CC2CCCC2)N(C)C(=O)C[C@@H](C(=O)N2CCC2)N(C)C(=O)[C@H](C2CCCC2)N(C)C(=O)C2(CCCC2)NC(=O)[C@@H]2CCCN2C(=O)[C@H](CCc2ccc(C(F)(F)F)c(Cl)c2)NC(=O)CN(C)C(=O)[C@H](CC2CCCCC2)N(C)C(=O)[C@@H]2CCN2C(=O)[C@H](C)NC1=O. The average Bonchev–Trinajstić information content (AvgIpc) is 1.74. The van der Waals surface area contributed by atoms with Gasteiger partial charge in [0, 0.05) is 61.4 Å². The molecular weight excluding hydrogens is 1330 g/mol. The fourth-order valence-corrected chi connectivity index (χ4v) is 17.2. The Labute approximate surface area is 597 Å². The van der Waals surface area contributed by atoms with E-state index in [-0.39, 0.29) is 82.2 Å². The Morgan fingerprint density at radius 2 is 1.23 bits per heavy atom. The van der Waals surface area contributed by atoms with Crippen molar-refractivity contribution in [1.29, 1.82) is 0 Å². The molecule has 560 valence electrons. The van der Waals surface area contributed by atoms with Crippen molar-refractivity contribution in [3.63, 3.8) is 0 Å². The van der Waals surface area contributed by atoms with Crippen LogP contribution in [0.4, 0.5) is 13.2 Å². The van der Waals surface area contributed by atoms with Crippen LogP contribution in [0.5, 0.6) is 0 Å². The summed E-state index contributed by atoms with van der Waals surface area (Å²) in [5, 5.41) is 11.1. The molecule has 4 heterocycles. The van der Waals surface area contributed by atoms with Gasteiger partial charge in [0.2, 0.25) is 70.9 Å². The molecule has 8 fully saturated rings. The quantitative estimate of drug-likeness (QED) is 0.199. The highest BCUT2D eigenvalue weighted by molar-refractivity contribution is 6.31. The smallest absolute Gasteiger partial charge is 0.343 e. The summed E-state index contributed by atoms with van der Waals surface area (Å²) in [7, 11) is 7.34. The van der Waals surface area contributed by atoms with Gasteiger partial charge in [-0.2, -0.15) is 13.2 Å². The van der Waals surface area contributed by atoms with Crippen LogP contribution in [0.3, 0.4) is 0 Å². The van der Waals surface area contributed by atoms with E-state index in [0.29, 0.717) is 63.6 Å². The van der Waals surface area contributed by atoms with Gasteiger partial charge >= 0.3 is 6.18 Å². The number of carbonyl (C=O) groups excluding carboxylic acids is 12. The third-order valence-electron chi connectivity index (χ3n) is 23.7. The molecule has 101 heavy (non-hydrogen) atoms. The lowest BCUT2D eigenvalue weighted by atomic mass is 9.84. The molecule has 12 amide bonds. The van der Waals surface area contributed by atoms with Gasteiger partial charge in [-0.1, -0.05) is 121 Å². The highest BCUT2D eigenvalue weighted by Crippen LogP contribution is 2.40. The Bertz CT molecular complexity index is 3220. The van der Waals surface area contributed by atoms with Gasteiger partial charge in [-0.15, -0.1) is 0 Å². The van der Waals surface area contributed by atoms with Gasteiger partial charge in [0.05, 0.1) is 23.6 Å². The third kappa shape index (κ3) is 18.1. The monoisotopic (exact) mass is 1440 g/mol. The Morgan fingerprint density at radius 1 is 0.614 bits per heavy atom. The molecule has 4 N–H and O–H groups in total. The van der Waals surface area contributed by atoms with Gasteiger partial charge < -0.3 is 60.5 Å². The Kier molecular flexibility index (Phi) is 26.3. The van der Waals surface area contributed by atoms with E-state index in [9.17, 15) is 41.9 Å². The van der Waals surface area contributed by atoms with Crippen molar-refractivity contribution in [3.8, 4) is 0 Å². The molecule has 9 rings (SSSR count). The number of hydrogen-bond donors (Lipinski definition) is 4. The number of likely N-dealkylation sites (tertiary alicyclic amines) is 1. The number of nitrogens with zero attached hydrogens (tertiary/aromatic N) is 8. The Morgan fingerprint density at radius 3 is 1.81 bits per heavy atom. The van der Waals surface area contributed by atoms with Crippen LogP contribution < -0.4 is 21.3 Å². The normalized spacial score (nSPS) is 29.1. The molecule has 8 aliphatic rings. The van der Waals surface area contributed by atoms with Crippen molar-refractivity contribution in [2.24, 2.45) is 23.7 Å². The number of alkyl halides is 3. The van der Waals surface area contributed by atoms with Gasteiger partial charge in [0.1, 0.15) is 59.9 Å². The zero-order valence-corrected chi connectivity index (χ0v) is 61.1. The summed E-state index contributed by atoms with van der Waals surface area (Å²) in [6.07, 6.45) is 8.62. The maximum absolute atomic E-state index is 15.7. The summed E-state index contributed by atoms with van der Waals surface area (Å²) in [4.78, 5) is 191. The van der Waals surface area contributed by atoms with Crippen molar-refractivity contribution in [2.45, 2.75) is 260 Å². The standard InChI is InChI=1S/C73H108ClF3N12O12/c1-9-44(2)60-64(94)78-45(3)65(95)89-38-32-54(89)68(98)84(6)56(41-47-21-11-10-12-22-47)67(97)82(4)43-58(90)79-52(31-29-48-28-30-50(51(74)39-48)73(75,76)77)66(96)88-37-19-27-53(88)63(93)81-72(33-17-18-34-72)71(101)86(8)61(49-25-15-16-26-49)70(100)85(7)57(69(99)87-35-20-36-87)42-59(91)83(5)55(62(92)80-60)40-46-23-13-14-24-46/h28,30,39,44-47,49,52-57,60-61H,9-27,29,31-38,40-43H2,1-8H3,(H,78,94)(H,79,90)(H,80,92)(H,81,93)/t44-,45-,52-,53-,54-,55-,56-,57-,60-,61-/m0/s1. The highest BCUT2D eigenvalue weighted by Gasteiger charge is 2.52. The van der Waals surface area contributed by atoms with Crippen LogP contribution in [0.15, 0.2) is 18.2 Å². The number of halogens is 4. The summed E-state index contributed by atoms with van der Waals surface area (Å²) in [6, 6.07) is -7.61. The second-order valence-electron chi connectivity index (χ2n) is 30.4. The molecule has 4 aliphatic carbocycles. The fraction of sp³-hybridized carbons (Fsp3) is 0.753. The molecule has 0 bridgehead atoms. The Balaban J connectivity index is 1.07. The first kappa shape index (κ1) is 78.1. The van der Waals surface area contributed by atoms with Crippen LogP contribution in [-0.4, -0.2) is 238 Å². The van der Waals surface area contributed by atoms with Crippen molar-refractivity contribution >= 4 is 82.5 Å². The molecule has 0 aromatic heterocycles. The number of likely N-dealkylation sites (N-methyl/N-ethyl adjacent to an activating group) is 5. The maximum Gasteiger partial charge on any atom is 0.417 e. The largest absolute Gasteiger partial charge is 0.417 e. The van der Waals surface area contributed by atoms with E-state index in [2.05, 4.69) is 21.3 Å². The second kappa shape index (κ2) is 34.0. The van der Waals surface area contributed by atoms with E-state index in [0.717, 1.165) is 87.7 Å². The topological polar surface area (TPSA) is 279 Å². The molecule has 28 heteroatoms. The predicted octanol–water partition coefficient (Wildman–Crippen LogP) is 5.98. The third-order valence-corrected chi connectivity index (χ3v) is 24.0. The van der Waals surface area contributed by atoms with Gasteiger partial charge in [0.15, 0.2) is 0 Å². The van der Waals surface area contributed by atoms with Gasteiger partial charge in [-0.05, 0) is 125 Å². The molecule has 24 nitrogen and oxygen atoms in total. The number of rotatable bonds is 11. The summed E-state index contributed by atoms with van der Waals surface area (Å²) in [5.41, 5.74) is -2.32. The first-order valence-electron chi connectivity index (χ1n) is 37.2. The zero-order chi connectivity index (χ0) is 73.4. The summed E-state index contributed by atoms with van der Waals surface area (Å²) < 4.78 is 41.7. The fourth-order valence-electron chi connectivity index (χ4n) is 16.9. The van der Waals surface area contributed by atoms with E-state index >= 15 is 28.8 Å². The molecule has 0 unspecified atom stereocenters. The molecule has 0 radical (unpaired) electrons. The highest BCUT2D eigenvalue weighted by atomic mass is 35.5. The lowest BCUT2D eigenvalue weighted by Crippen LogP contribution is -2.65. The summed E-state index contributed by atoms with van der Waals surface area (Å²) in [5.74, 6) is -8.22. The number of benzene rings is 1. The number of hydrogen-bond acceptors (Lipinski definition) is 12. The molecular formula is C73H108ClF3N12O12. The second-order valence-corrected chi connectivity index (χ2v) is 30.8. The number of fused-ring (bicyclic) bond motifs is 2.